The fourth-order valence-corrected chi connectivity index (χ4v) is 2.66. The summed E-state index contributed by atoms with van der Waals surface area (Å²) in [5.74, 6) is 0.867. The van der Waals surface area contributed by atoms with Gasteiger partial charge in [0, 0.05) is 10.6 Å². The predicted octanol–water partition coefficient (Wildman–Crippen LogP) is 3.95. The van der Waals surface area contributed by atoms with Gasteiger partial charge in [-0.05, 0) is 35.0 Å². The number of ether oxygens (including phenoxy) is 1. The van der Waals surface area contributed by atoms with Crippen molar-refractivity contribution in [3.8, 4) is 5.75 Å². The summed E-state index contributed by atoms with van der Waals surface area (Å²) in [6.07, 6.45) is 0.0972. The van der Waals surface area contributed by atoms with Crippen molar-refractivity contribution in [3.63, 3.8) is 0 Å². The molecule has 1 aliphatic heterocycles. The average Bonchev–Trinajstić information content (AvgIpc) is 2.82. The van der Waals surface area contributed by atoms with Crippen LogP contribution in [0.25, 0.3) is 0 Å². The van der Waals surface area contributed by atoms with E-state index in [2.05, 4.69) is 22.1 Å². The van der Waals surface area contributed by atoms with Crippen LogP contribution in [-0.2, 0) is 0 Å². The second-order valence-electron chi connectivity index (χ2n) is 3.68. The van der Waals surface area contributed by atoms with Gasteiger partial charge in [0.15, 0.2) is 0 Å². The van der Waals surface area contributed by atoms with Gasteiger partial charge in [-0.15, -0.1) is 0 Å². The predicted molar refractivity (Wildman–Crippen MR) is 67.6 cm³/mol. The summed E-state index contributed by atoms with van der Waals surface area (Å²) in [7, 11) is 0. The largest absolute Gasteiger partial charge is 0.482 e. The minimum absolute atomic E-state index is 0.0972. The summed E-state index contributed by atoms with van der Waals surface area (Å²) in [6, 6.07) is 7.74. The first-order valence-electron chi connectivity index (χ1n) is 5.05. The average molecular weight is 252 g/mol. The van der Waals surface area contributed by atoms with Gasteiger partial charge in [-0.3, -0.25) is 0 Å². The molecular formula is C12H10ClNOS. The number of hydrogen-bond acceptors (Lipinski definition) is 3. The summed E-state index contributed by atoms with van der Waals surface area (Å²) in [5.41, 5.74) is 2.19. The van der Waals surface area contributed by atoms with Gasteiger partial charge in [-0.1, -0.05) is 11.6 Å². The summed E-state index contributed by atoms with van der Waals surface area (Å²) >= 11 is 7.61. The van der Waals surface area contributed by atoms with Crippen molar-refractivity contribution in [2.45, 2.75) is 6.10 Å². The Morgan fingerprint density at radius 3 is 3.12 bits per heavy atom. The number of hydrogen-bond donors (Lipinski definition) is 1. The second kappa shape index (κ2) is 4.00. The molecule has 0 saturated carbocycles. The molecule has 82 valence electrons. The quantitative estimate of drug-likeness (QED) is 0.829. The lowest BCUT2D eigenvalue weighted by molar-refractivity contribution is 0.211. The first-order chi connectivity index (χ1) is 7.83. The molecular weight excluding hydrogens is 242 g/mol. The highest BCUT2D eigenvalue weighted by atomic mass is 35.5. The Labute approximate surface area is 103 Å². The van der Waals surface area contributed by atoms with Gasteiger partial charge in [0.05, 0.1) is 12.2 Å². The van der Waals surface area contributed by atoms with Crippen molar-refractivity contribution in [2.24, 2.45) is 0 Å². The molecule has 1 aromatic heterocycles. The molecule has 2 aromatic rings. The molecule has 3 rings (SSSR count). The minimum atomic E-state index is 0.0972. The van der Waals surface area contributed by atoms with E-state index in [-0.39, 0.29) is 6.10 Å². The third kappa shape index (κ3) is 1.77. The number of rotatable bonds is 1. The van der Waals surface area contributed by atoms with E-state index in [0.717, 1.165) is 23.0 Å². The van der Waals surface area contributed by atoms with E-state index in [1.165, 1.54) is 5.56 Å². The van der Waals surface area contributed by atoms with Crippen molar-refractivity contribution >= 4 is 28.6 Å². The zero-order chi connectivity index (χ0) is 11.0. The smallest absolute Gasteiger partial charge is 0.143 e. The van der Waals surface area contributed by atoms with Crippen LogP contribution >= 0.6 is 22.9 Å². The normalized spacial score (nSPS) is 18.4. The van der Waals surface area contributed by atoms with Crippen LogP contribution < -0.4 is 10.1 Å². The zero-order valence-electron chi connectivity index (χ0n) is 8.44. The van der Waals surface area contributed by atoms with Gasteiger partial charge < -0.3 is 10.1 Å². The molecule has 0 aliphatic carbocycles. The molecule has 0 radical (unpaired) electrons. The van der Waals surface area contributed by atoms with Crippen molar-refractivity contribution in [1.82, 2.24) is 0 Å². The Balaban J connectivity index is 1.89. The summed E-state index contributed by atoms with van der Waals surface area (Å²) < 4.78 is 5.92. The Hall–Kier alpha value is -1.19. The standard InChI is InChI=1S/C12H10ClNOS/c13-9-1-2-11-10(5-9)14-6-12(15-11)8-3-4-16-7-8/h1-5,7,12,14H,6H2. The van der Waals surface area contributed by atoms with Gasteiger partial charge in [0.1, 0.15) is 11.9 Å². The molecule has 0 fully saturated rings. The summed E-state index contributed by atoms with van der Waals surface area (Å²) in [4.78, 5) is 0. The fraction of sp³-hybridized carbons (Fsp3) is 0.167. The van der Waals surface area contributed by atoms with Crippen LogP contribution in [0.3, 0.4) is 0 Å². The molecule has 0 spiro atoms. The lowest BCUT2D eigenvalue weighted by Gasteiger charge is -2.27. The van der Waals surface area contributed by atoms with E-state index >= 15 is 0 Å². The molecule has 1 aliphatic rings. The number of nitrogens with one attached hydrogen (secondary N) is 1. The minimum Gasteiger partial charge on any atom is -0.482 e. The van der Waals surface area contributed by atoms with E-state index in [1.807, 2.05) is 18.2 Å². The van der Waals surface area contributed by atoms with E-state index < -0.39 is 0 Å². The van der Waals surface area contributed by atoms with Gasteiger partial charge >= 0.3 is 0 Å². The lowest BCUT2D eigenvalue weighted by Crippen LogP contribution is -2.23. The maximum atomic E-state index is 5.92. The second-order valence-corrected chi connectivity index (χ2v) is 4.90. The van der Waals surface area contributed by atoms with Crippen LogP contribution in [0.2, 0.25) is 5.02 Å². The van der Waals surface area contributed by atoms with E-state index in [9.17, 15) is 0 Å². The fourth-order valence-electron chi connectivity index (χ4n) is 1.78. The van der Waals surface area contributed by atoms with Gasteiger partial charge in [0.2, 0.25) is 0 Å². The SMILES string of the molecule is Clc1ccc2c(c1)NCC(c1ccsc1)O2. The summed E-state index contributed by atoms with van der Waals surface area (Å²) in [6.45, 7) is 0.782. The highest BCUT2D eigenvalue weighted by molar-refractivity contribution is 7.07. The molecule has 16 heavy (non-hydrogen) atoms. The monoisotopic (exact) mass is 251 g/mol. The third-order valence-corrected chi connectivity index (χ3v) is 3.54. The van der Waals surface area contributed by atoms with Gasteiger partial charge in [0.25, 0.3) is 0 Å². The number of thiophene rings is 1. The van der Waals surface area contributed by atoms with Gasteiger partial charge in [-0.25, -0.2) is 0 Å². The molecule has 0 saturated heterocycles. The van der Waals surface area contributed by atoms with Crippen LogP contribution in [0.4, 0.5) is 5.69 Å². The first-order valence-corrected chi connectivity index (χ1v) is 6.37. The molecule has 0 amide bonds. The number of anilines is 1. The molecule has 1 unspecified atom stereocenters. The van der Waals surface area contributed by atoms with Crippen molar-refractivity contribution in [3.05, 3.63) is 45.6 Å². The Morgan fingerprint density at radius 1 is 1.38 bits per heavy atom. The topological polar surface area (TPSA) is 21.3 Å². The Bertz CT molecular complexity index is 498. The van der Waals surface area contributed by atoms with Crippen LogP contribution in [0.15, 0.2) is 35.0 Å². The Kier molecular flexibility index (Phi) is 2.50. The molecule has 4 heteroatoms. The van der Waals surface area contributed by atoms with E-state index in [1.54, 1.807) is 11.3 Å². The molecule has 1 aromatic carbocycles. The Morgan fingerprint density at radius 2 is 2.31 bits per heavy atom. The maximum absolute atomic E-state index is 5.92. The van der Waals surface area contributed by atoms with Crippen molar-refractivity contribution in [2.75, 3.05) is 11.9 Å². The molecule has 2 nitrogen and oxygen atoms in total. The molecule has 2 heterocycles. The number of fused-ring (bicyclic) bond motifs is 1. The summed E-state index contributed by atoms with van der Waals surface area (Å²) in [5, 5.41) is 8.25. The molecule has 0 bridgehead atoms. The van der Waals surface area contributed by atoms with Gasteiger partial charge in [-0.2, -0.15) is 11.3 Å². The van der Waals surface area contributed by atoms with Crippen LogP contribution in [0.1, 0.15) is 11.7 Å². The highest BCUT2D eigenvalue weighted by Gasteiger charge is 2.20. The highest BCUT2D eigenvalue weighted by Crippen LogP contribution is 2.36. The maximum Gasteiger partial charge on any atom is 0.143 e. The van der Waals surface area contributed by atoms with Crippen LogP contribution in [0, 0.1) is 0 Å². The van der Waals surface area contributed by atoms with E-state index in [4.69, 9.17) is 16.3 Å². The first kappa shape index (κ1) is 10.00. The third-order valence-electron chi connectivity index (χ3n) is 2.60. The molecule has 1 atom stereocenters. The number of benzene rings is 1. The zero-order valence-corrected chi connectivity index (χ0v) is 10.0. The van der Waals surface area contributed by atoms with Crippen molar-refractivity contribution in [1.29, 1.82) is 0 Å². The number of halogens is 1. The molecule has 1 N–H and O–H groups in total. The lowest BCUT2D eigenvalue weighted by atomic mass is 10.1. The van der Waals surface area contributed by atoms with Crippen molar-refractivity contribution < 1.29 is 4.74 Å². The van der Waals surface area contributed by atoms with Crippen LogP contribution in [0.5, 0.6) is 5.75 Å². The van der Waals surface area contributed by atoms with E-state index in [0.29, 0.717) is 0 Å². The van der Waals surface area contributed by atoms with Crippen LogP contribution in [-0.4, -0.2) is 6.54 Å².